The fourth-order valence-electron chi connectivity index (χ4n) is 1.87. The minimum absolute atomic E-state index is 0.613. The Labute approximate surface area is 61.7 Å². The van der Waals surface area contributed by atoms with Crippen molar-refractivity contribution in [2.24, 2.45) is 4.99 Å². The molecule has 0 aromatic heterocycles. The summed E-state index contributed by atoms with van der Waals surface area (Å²) in [6.07, 6.45) is 7.17. The molecule has 0 aromatic rings. The van der Waals surface area contributed by atoms with Gasteiger partial charge < -0.3 is 5.32 Å². The SMILES string of the molecule is C1=NC2CCCNC2CC1. The molecule has 2 nitrogen and oxygen atoms in total. The van der Waals surface area contributed by atoms with E-state index in [9.17, 15) is 0 Å². The Kier molecular flexibility index (Phi) is 1.72. The highest BCUT2D eigenvalue weighted by Gasteiger charge is 2.24. The van der Waals surface area contributed by atoms with Gasteiger partial charge in [-0.05, 0) is 38.4 Å². The molecule has 0 saturated carbocycles. The lowest BCUT2D eigenvalue weighted by Gasteiger charge is -2.32. The van der Waals surface area contributed by atoms with Crippen molar-refractivity contribution >= 4 is 6.21 Å². The number of aliphatic imine (C=N–C) groups is 1. The van der Waals surface area contributed by atoms with Gasteiger partial charge in [-0.2, -0.15) is 0 Å². The standard InChI is InChI=1S/C8H14N2/c1-3-7-8(9-5-1)4-2-6-10-7/h5,7-8,10H,1-4,6H2. The zero-order valence-corrected chi connectivity index (χ0v) is 6.21. The number of nitrogens with one attached hydrogen (secondary N) is 1. The summed E-state index contributed by atoms with van der Waals surface area (Å²) in [7, 11) is 0. The zero-order valence-electron chi connectivity index (χ0n) is 6.21. The molecule has 1 saturated heterocycles. The molecule has 2 heteroatoms. The van der Waals surface area contributed by atoms with Crippen LogP contribution in [0.3, 0.4) is 0 Å². The predicted octanol–water partition coefficient (Wildman–Crippen LogP) is 0.972. The van der Waals surface area contributed by atoms with Gasteiger partial charge in [-0.3, -0.25) is 4.99 Å². The van der Waals surface area contributed by atoms with Crippen molar-refractivity contribution < 1.29 is 0 Å². The van der Waals surface area contributed by atoms with Gasteiger partial charge in [0.25, 0.3) is 0 Å². The molecular formula is C8H14N2. The quantitative estimate of drug-likeness (QED) is 0.530. The number of nitrogens with zero attached hydrogens (tertiary/aromatic N) is 1. The fraction of sp³-hybridized carbons (Fsp3) is 0.875. The molecule has 2 rings (SSSR count). The molecule has 0 radical (unpaired) electrons. The molecule has 0 bridgehead atoms. The summed E-state index contributed by atoms with van der Waals surface area (Å²) in [5, 5.41) is 3.51. The summed E-state index contributed by atoms with van der Waals surface area (Å²) < 4.78 is 0. The van der Waals surface area contributed by atoms with E-state index < -0.39 is 0 Å². The number of hydrogen-bond acceptors (Lipinski definition) is 2. The molecule has 0 aliphatic carbocycles. The van der Waals surface area contributed by atoms with E-state index in [0.29, 0.717) is 12.1 Å². The molecule has 2 unspecified atom stereocenters. The Morgan fingerprint density at radius 2 is 2.40 bits per heavy atom. The van der Waals surface area contributed by atoms with Crippen LogP contribution in [0.1, 0.15) is 25.7 Å². The van der Waals surface area contributed by atoms with Gasteiger partial charge >= 0.3 is 0 Å². The molecule has 1 N–H and O–H groups in total. The maximum Gasteiger partial charge on any atom is 0.0649 e. The Balaban J connectivity index is 2.03. The topological polar surface area (TPSA) is 24.4 Å². The van der Waals surface area contributed by atoms with Crippen molar-refractivity contribution in [1.82, 2.24) is 5.32 Å². The maximum atomic E-state index is 4.46. The van der Waals surface area contributed by atoms with E-state index in [4.69, 9.17) is 0 Å². The summed E-state index contributed by atoms with van der Waals surface area (Å²) in [5.74, 6) is 0. The Morgan fingerprint density at radius 3 is 3.30 bits per heavy atom. The van der Waals surface area contributed by atoms with Crippen LogP contribution in [-0.4, -0.2) is 24.8 Å². The average molecular weight is 138 g/mol. The lowest BCUT2D eigenvalue weighted by Crippen LogP contribution is -2.45. The molecule has 0 aromatic carbocycles. The number of rotatable bonds is 0. The van der Waals surface area contributed by atoms with Crippen molar-refractivity contribution in [3.63, 3.8) is 0 Å². The molecule has 1 fully saturated rings. The molecule has 56 valence electrons. The average Bonchev–Trinajstić information content (AvgIpc) is 2.05. The third-order valence-corrected chi connectivity index (χ3v) is 2.45. The molecule has 2 atom stereocenters. The van der Waals surface area contributed by atoms with Crippen molar-refractivity contribution in [3.05, 3.63) is 0 Å². The minimum Gasteiger partial charge on any atom is -0.312 e. The third-order valence-electron chi connectivity index (χ3n) is 2.45. The molecule has 2 heterocycles. The number of hydrogen-bond donors (Lipinski definition) is 1. The second-order valence-corrected chi connectivity index (χ2v) is 3.18. The van der Waals surface area contributed by atoms with Crippen molar-refractivity contribution in [2.45, 2.75) is 37.8 Å². The third kappa shape index (κ3) is 1.08. The lowest BCUT2D eigenvalue weighted by molar-refractivity contribution is 0.331. The van der Waals surface area contributed by atoms with Gasteiger partial charge in [0.05, 0.1) is 6.04 Å². The van der Waals surface area contributed by atoms with Crippen LogP contribution in [0.5, 0.6) is 0 Å². The van der Waals surface area contributed by atoms with E-state index in [1.54, 1.807) is 0 Å². The predicted molar refractivity (Wildman–Crippen MR) is 42.5 cm³/mol. The van der Waals surface area contributed by atoms with Crippen LogP contribution in [0.2, 0.25) is 0 Å². The summed E-state index contributed by atoms with van der Waals surface area (Å²) in [4.78, 5) is 4.46. The smallest absolute Gasteiger partial charge is 0.0649 e. The van der Waals surface area contributed by atoms with E-state index in [0.717, 1.165) is 0 Å². The molecule has 0 spiro atoms. The Hall–Kier alpha value is -0.370. The highest BCUT2D eigenvalue weighted by atomic mass is 15.0. The van der Waals surface area contributed by atoms with Gasteiger partial charge in [-0.15, -0.1) is 0 Å². The van der Waals surface area contributed by atoms with Crippen molar-refractivity contribution in [2.75, 3.05) is 6.54 Å². The van der Waals surface area contributed by atoms with Gasteiger partial charge in [0.2, 0.25) is 0 Å². The van der Waals surface area contributed by atoms with Gasteiger partial charge in [-0.25, -0.2) is 0 Å². The van der Waals surface area contributed by atoms with Crippen LogP contribution in [0.15, 0.2) is 4.99 Å². The van der Waals surface area contributed by atoms with Gasteiger partial charge in [-0.1, -0.05) is 0 Å². The molecule has 2 aliphatic rings. The van der Waals surface area contributed by atoms with E-state index in [2.05, 4.69) is 16.5 Å². The van der Waals surface area contributed by atoms with Crippen LogP contribution in [0, 0.1) is 0 Å². The largest absolute Gasteiger partial charge is 0.312 e. The first-order valence-electron chi connectivity index (χ1n) is 4.22. The van der Waals surface area contributed by atoms with Crippen molar-refractivity contribution in [3.8, 4) is 0 Å². The Bertz CT molecular complexity index is 142. The summed E-state index contributed by atoms with van der Waals surface area (Å²) in [6.45, 7) is 1.21. The van der Waals surface area contributed by atoms with Crippen LogP contribution in [0.4, 0.5) is 0 Å². The number of piperidine rings is 1. The first-order chi connectivity index (χ1) is 4.97. The molecular weight excluding hydrogens is 124 g/mol. The van der Waals surface area contributed by atoms with Crippen LogP contribution in [-0.2, 0) is 0 Å². The molecule has 2 aliphatic heterocycles. The zero-order chi connectivity index (χ0) is 6.81. The van der Waals surface area contributed by atoms with E-state index in [1.807, 2.05) is 0 Å². The summed E-state index contributed by atoms with van der Waals surface area (Å²) in [6, 6.07) is 1.32. The van der Waals surface area contributed by atoms with Gasteiger partial charge in [0.15, 0.2) is 0 Å². The van der Waals surface area contributed by atoms with E-state index in [1.165, 1.54) is 32.2 Å². The lowest BCUT2D eigenvalue weighted by atomic mass is 9.93. The van der Waals surface area contributed by atoms with Gasteiger partial charge in [0, 0.05) is 6.04 Å². The van der Waals surface area contributed by atoms with Crippen LogP contribution >= 0.6 is 0 Å². The van der Waals surface area contributed by atoms with Crippen LogP contribution < -0.4 is 5.32 Å². The van der Waals surface area contributed by atoms with E-state index in [-0.39, 0.29) is 0 Å². The normalized spacial score (nSPS) is 39.2. The minimum atomic E-state index is 0.613. The fourth-order valence-corrected chi connectivity index (χ4v) is 1.87. The van der Waals surface area contributed by atoms with E-state index >= 15 is 0 Å². The second kappa shape index (κ2) is 2.70. The molecule has 0 amide bonds. The number of fused-ring (bicyclic) bond motifs is 1. The van der Waals surface area contributed by atoms with Crippen LogP contribution in [0.25, 0.3) is 0 Å². The first-order valence-corrected chi connectivity index (χ1v) is 4.22. The maximum absolute atomic E-state index is 4.46. The summed E-state index contributed by atoms with van der Waals surface area (Å²) in [5.41, 5.74) is 0. The Morgan fingerprint density at radius 1 is 1.40 bits per heavy atom. The summed E-state index contributed by atoms with van der Waals surface area (Å²) >= 11 is 0. The first kappa shape index (κ1) is 6.35. The monoisotopic (exact) mass is 138 g/mol. The van der Waals surface area contributed by atoms with Gasteiger partial charge in [0.1, 0.15) is 0 Å². The van der Waals surface area contributed by atoms with Crippen molar-refractivity contribution in [1.29, 1.82) is 0 Å². The second-order valence-electron chi connectivity index (χ2n) is 3.18. The highest BCUT2D eigenvalue weighted by molar-refractivity contribution is 5.58. The molecule has 10 heavy (non-hydrogen) atoms. The highest BCUT2D eigenvalue weighted by Crippen LogP contribution is 2.18.